The highest BCUT2D eigenvalue weighted by molar-refractivity contribution is 8.00. The third-order valence-corrected chi connectivity index (χ3v) is 9.74. The molecule has 1 N–H and O–H groups in total. The summed E-state index contributed by atoms with van der Waals surface area (Å²) in [6.07, 6.45) is 3.02. The van der Waals surface area contributed by atoms with Crippen molar-refractivity contribution < 1.29 is 24.2 Å². The van der Waals surface area contributed by atoms with Crippen LogP contribution in [0.25, 0.3) is 5.76 Å². The van der Waals surface area contributed by atoms with Gasteiger partial charge in [-0.3, -0.25) is 14.5 Å². The van der Waals surface area contributed by atoms with E-state index >= 15 is 0 Å². The van der Waals surface area contributed by atoms with Crippen LogP contribution in [0.5, 0.6) is 11.5 Å². The minimum Gasteiger partial charge on any atom is -0.507 e. The number of hydrogen-bond acceptors (Lipinski definition) is 9. The van der Waals surface area contributed by atoms with E-state index in [-0.39, 0.29) is 16.5 Å². The van der Waals surface area contributed by atoms with Crippen molar-refractivity contribution in [2.75, 3.05) is 18.1 Å². The third kappa shape index (κ3) is 7.47. The number of amides is 1. The molecule has 8 nitrogen and oxygen atoms in total. The highest BCUT2D eigenvalue weighted by atomic mass is 35.5. The predicted molar refractivity (Wildman–Crippen MR) is 180 cm³/mol. The Morgan fingerprint density at radius 1 is 0.978 bits per heavy atom. The average Bonchev–Trinajstić information content (AvgIpc) is 3.61. The molecule has 0 aliphatic carbocycles. The Labute approximate surface area is 280 Å². The van der Waals surface area contributed by atoms with Gasteiger partial charge in [-0.1, -0.05) is 109 Å². The summed E-state index contributed by atoms with van der Waals surface area (Å²) < 4.78 is 12.5. The predicted octanol–water partition coefficient (Wildman–Crippen LogP) is 8.73. The van der Waals surface area contributed by atoms with E-state index in [0.717, 1.165) is 24.8 Å². The van der Waals surface area contributed by atoms with Crippen molar-refractivity contribution in [3.63, 3.8) is 0 Å². The zero-order chi connectivity index (χ0) is 31.9. The van der Waals surface area contributed by atoms with Crippen LogP contribution in [-0.2, 0) is 15.3 Å². The van der Waals surface area contributed by atoms with Crippen LogP contribution in [0.2, 0.25) is 10.0 Å². The topological polar surface area (TPSA) is 102 Å². The number of rotatable bonds is 13. The van der Waals surface area contributed by atoms with E-state index in [1.54, 1.807) is 60.7 Å². The molecule has 4 aromatic rings. The van der Waals surface area contributed by atoms with Gasteiger partial charge in [-0.25, -0.2) is 0 Å². The molecule has 234 valence electrons. The molecule has 1 fully saturated rings. The quantitative estimate of drug-likeness (QED) is 0.0373. The van der Waals surface area contributed by atoms with Crippen molar-refractivity contribution in [1.82, 2.24) is 10.2 Å². The van der Waals surface area contributed by atoms with Crippen LogP contribution < -0.4 is 14.4 Å². The Morgan fingerprint density at radius 3 is 2.51 bits per heavy atom. The minimum atomic E-state index is -0.991. The van der Waals surface area contributed by atoms with Gasteiger partial charge in [0.05, 0.1) is 24.8 Å². The van der Waals surface area contributed by atoms with Crippen molar-refractivity contribution in [3.05, 3.63) is 99.0 Å². The van der Waals surface area contributed by atoms with Gasteiger partial charge in [-0.05, 0) is 48.7 Å². The maximum absolute atomic E-state index is 13.7. The Hall–Kier alpha value is -3.57. The number of aliphatic hydroxyl groups excluding tert-OH is 1. The molecule has 1 aliphatic rings. The number of hydrogen-bond donors (Lipinski definition) is 1. The van der Waals surface area contributed by atoms with Crippen LogP contribution in [0, 0.1) is 0 Å². The summed E-state index contributed by atoms with van der Waals surface area (Å²) >= 11 is 14.9. The number of nitrogens with zero attached hydrogens (tertiary/aromatic N) is 3. The molecule has 1 saturated heterocycles. The Bertz CT molecular complexity index is 1710. The van der Waals surface area contributed by atoms with Gasteiger partial charge < -0.3 is 14.6 Å². The number of ether oxygens (including phenoxy) is 2. The summed E-state index contributed by atoms with van der Waals surface area (Å²) in [5.74, 6) is -0.383. The molecule has 0 bridgehead atoms. The lowest BCUT2D eigenvalue weighted by atomic mass is 9.95. The second-order valence-electron chi connectivity index (χ2n) is 10.1. The maximum atomic E-state index is 13.7. The molecule has 12 heteroatoms. The fourth-order valence-electron chi connectivity index (χ4n) is 4.85. The fraction of sp³-hybridized carbons (Fsp3) is 0.273. The Kier molecular flexibility index (Phi) is 11.0. The van der Waals surface area contributed by atoms with Crippen LogP contribution in [0.4, 0.5) is 5.13 Å². The van der Waals surface area contributed by atoms with Gasteiger partial charge >= 0.3 is 5.91 Å². The van der Waals surface area contributed by atoms with Gasteiger partial charge in [0.1, 0.15) is 5.76 Å². The molecule has 0 saturated carbocycles. The molecular formula is C33H31Cl2N3O5S2. The second-order valence-corrected chi connectivity index (χ2v) is 13.1. The monoisotopic (exact) mass is 683 g/mol. The smallest absolute Gasteiger partial charge is 0.301 e. The van der Waals surface area contributed by atoms with E-state index in [4.69, 9.17) is 32.7 Å². The standard InChI is InChI=1S/C33H31Cl2N3O5S2/c1-3-5-9-16-43-25-15-13-21(17-26(25)42-4-2)28-27(29(39)20-10-7-6-8-11-20)30(40)31(41)38(28)32-36-37-33(45-32)44-19-22-12-14-23(34)18-24(22)35/h6-8,10-15,17-18,28,39H,3-5,9,16,19H2,1-2H3. The summed E-state index contributed by atoms with van der Waals surface area (Å²) in [5, 5.41) is 21.3. The maximum Gasteiger partial charge on any atom is 0.301 e. The number of carbonyl (C=O) groups excluding carboxylic acids is 2. The third-order valence-electron chi connectivity index (χ3n) is 7.05. The number of aliphatic hydroxyl groups is 1. The van der Waals surface area contributed by atoms with E-state index in [1.807, 2.05) is 13.0 Å². The number of anilines is 1. The Balaban J connectivity index is 1.53. The molecule has 5 rings (SSSR count). The molecule has 1 aliphatic heterocycles. The molecule has 1 amide bonds. The summed E-state index contributed by atoms with van der Waals surface area (Å²) in [6.45, 7) is 4.91. The van der Waals surface area contributed by atoms with E-state index in [2.05, 4.69) is 17.1 Å². The molecule has 45 heavy (non-hydrogen) atoms. The zero-order valence-corrected chi connectivity index (χ0v) is 27.8. The second kappa shape index (κ2) is 15.1. The van der Waals surface area contributed by atoms with Gasteiger partial charge in [0.15, 0.2) is 15.8 Å². The van der Waals surface area contributed by atoms with E-state index in [9.17, 15) is 14.7 Å². The first-order chi connectivity index (χ1) is 21.8. The van der Waals surface area contributed by atoms with Crippen molar-refractivity contribution in [1.29, 1.82) is 0 Å². The lowest BCUT2D eigenvalue weighted by molar-refractivity contribution is -0.132. The zero-order valence-electron chi connectivity index (χ0n) is 24.7. The van der Waals surface area contributed by atoms with E-state index < -0.39 is 17.7 Å². The summed E-state index contributed by atoms with van der Waals surface area (Å²) in [4.78, 5) is 28.6. The minimum absolute atomic E-state index is 0.0531. The molecule has 3 aromatic carbocycles. The number of thioether (sulfide) groups is 1. The Morgan fingerprint density at radius 2 is 1.78 bits per heavy atom. The van der Waals surface area contributed by atoms with Gasteiger partial charge in [-0.2, -0.15) is 0 Å². The molecule has 0 radical (unpaired) electrons. The van der Waals surface area contributed by atoms with Crippen LogP contribution >= 0.6 is 46.3 Å². The van der Waals surface area contributed by atoms with Crippen molar-refractivity contribution >= 4 is 68.9 Å². The molecule has 1 unspecified atom stereocenters. The van der Waals surface area contributed by atoms with Gasteiger partial charge in [0.25, 0.3) is 5.78 Å². The van der Waals surface area contributed by atoms with Crippen LogP contribution in [0.1, 0.15) is 55.8 Å². The van der Waals surface area contributed by atoms with Crippen LogP contribution in [-0.4, -0.2) is 40.2 Å². The highest BCUT2D eigenvalue weighted by Gasteiger charge is 2.48. The lowest BCUT2D eigenvalue weighted by Gasteiger charge is -2.23. The number of aromatic nitrogens is 2. The molecule has 2 heterocycles. The van der Waals surface area contributed by atoms with Gasteiger partial charge in [0, 0.05) is 21.4 Å². The van der Waals surface area contributed by atoms with Crippen molar-refractivity contribution in [2.24, 2.45) is 0 Å². The number of Topliss-reactive ketones (excluding diaryl/α,β-unsaturated/α-hetero) is 1. The number of carbonyl (C=O) groups is 2. The number of halogens is 2. The summed E-state index contributed by atoms with van der Waals surface area (Å²) in [7, 11) is 0. The van der Waals surface area contributed by atoms with Crippen LogP contribution in [0.3, 0.4) is 0 Å². The molecule has 1 atom stereocenters. The van der Waals surface area contributed by atoms with E-state index in [1.165, 1.54) is 28.0 Å². The molecule has 0 spiro atoms. The number of ketones is 1. The highest BCUT2D eigenvalue weighted by Crippen LogP contribution is 2.46. The molecular weight excluding hydrogens is 653 g/mol. The van der Waals surface area contributed by atoms with E-state index in [0.29, 0.717) is 56.0 Å². The lowest BCUT2D eigenvalue weighted by Crippen LogP contribution is -2.29. The largest absolute Gasteiger partial charge is 0.507 e. The summed E-state index contributed by atoms with van der Waals surface area (Å²) in [6, 6.07) is 18.2. The van der Waals surface area contributed by atoms with Crippen molar-refractivity contribution in [3.8, 4) is 11.5 Å². The SMILES string of the molecule is CCCCCOc1ccc(C2C(=C(O)c3ccccc3)C(=O)C(=O)N2c2nnc(SCc3ccc(Cl)cc3Cl)s2)cc1OCC. The number of unbranched alkanes of at least 4 members (excludes halogenated alkanes) is 2. The van der Waals surface area contributed by atoms with Crippen molar-refractivity contribution in [2.45, 2.75) is 49.2 Å². The normalized spacial score (nSPS) is 15.9. The fourth-order valence-corrected chi connectivity index (χ4v) is 7.28. The first-order valence-electron chi connectivity index (χ1n) is 14.5. The molecule has 1 aromatic heterocycles. The average molecular weight is 685 g/mol. The first kappa shape index (κ1) is 32.8. The first-order valence-corrected chi connectivity index (χ1v) is 17.0. The van der Waals surface area contributed by atoms with Gasteiger partial charge in [-0.15, -0.1) is 10.2 Å². The van der Waals surface area contributed by atoms with Gasteiger partial charge in [0.2, 0.25) is 5.13 Å². The number of benzene rings is 3. The summed E-state index contributed by atoms with van der Waals surface area (Å²) in [5.41, 5.74) is 1.78. The van der Waals surface area contributed by atoms with Crippen LogP contribution in [0.15, 0.2) is 76.6 Å².